The van der Waals surface area contributed by atoms with Crippen molar-refractivity contribution in [2.75, 3.05) is 32.7 Å². The van der Waals surface area contributed by atoms with E-state index in [1.807, 2.05) is 17.9 Å². The van der Waals surface area contributed by atoms with Crippen LogP contribution in [0.3, 0.4) is 0 Å². The van der Waals surface area contributed by atoms with E-state index in [0.717, 1.165) is 56.7 Å². The van der Waals surface area contributed by atoms with Crippen molar-refractivity contribution in [2.45, 2.75) is 32.4 Å². The van der Waals surface area contributed by atoms with Crippen LogP contribution in [0.25, 0.3) is 0 Å². The topological polar surface area (TPSA) is 35.6 Å². The molecule has 1 aromatic rings. The van der Waals surface area contributed by atoms with Gasteiger partial charge in [0.05, 0.1) is 6.54 Å². The van der Waals surface area contributed by atoms with Gasteiger partial charge < -0.3 is 10.2 Å². The van der Waals surface area contributed by atoms with Gasteiger partial charge in [0.25, 0.3) is 0 Å². The van der Waals surface area contributed by atoms with Gasteiger partial charge in [-0.05, 0) is 49.6 Å². The molecule has 2 heterocycles. The normalized spacial score (nSPS) is 22.8. The van der Waals surface area contributed by atoms with Gasteiger partial charge in [0.1, 0.15) is 5.82 Å². The summed E-state index contributed by atoms with van der Waals surface area (Å²) in [6.45, 7) is 6.84. The van der Waals surface area contributed by atoms with E-state index < -0.39 is 0 Å². The Morgan fingerprint density at radius 1 is 1.35 bits per heavy atom. The Labute approximate surface area is 143 Å². The summed E-state index contributed by atoms with van der Waals surface area (Å²) in [5, 5.41) is 3.12. The first kappa shape index (κ1) is 18.2. The number of piperazine rings is 1. The molecule has 0 spiro atoms. The summed E-state index contributed by atoms with van der Waals surface area (Å²) in [7, 11) is 0. The molecule has 1 atom stereocenters. The second-order valence-electron chi connectivity index (χ2n) is 6.37. The lowest BCUT2D eigenvalue weighted by Gasteiger charge is -2.41. The number of amides is 1. The van der Waals surface area contributed by atoms with Crippen LogP contribution < -0.4 is 5.32 Å². The fraction of sp³-hybridized carbons (Fsp3) is 0.588. The molecule has 2 aliphatic heterocycles. The largest absolute Gasteiger partial charge is 0.336 e. The Morgan fingerprint density at radius 2 is 2.17 bits per heavy atom. The maximum Gasteiger partial charge on any atom is 0.236 e. The van der Waals surface area contributed by atoms with Crippen molar-refractivity contribution >= 4 is 18.3 Å². The minimum Gasteiger partial charge on any atom is -0.336 e. The van der Waals surface area contributed by atoms with E-state index in [4.69, 9.17) is 0 Å². The van der Waals surface area contributed by atoms with Crippen molar-refractivity contribution in [3.63, 3.8) is 0 Å². The second-order valence-corrected chi connectivity index (χ2v) is 6.37. The fourth-order valence-corrected chi connectivity index (χ4v) is 3.49. The smallest absolute Gasteiger partial charge is 0.236 e. The lowest BCUT2D eigenvalue weighted by molar-refractivity contribution is -0.135. The molecule has 1 amide bonds. The minimum atomic E-state index is -0.175. The average molecular weight is 342 g/mol. The molecule has 2 aliphatic rings. The van der Waals surface area contributed by atoms with Crippen LogP contribution in [0, 0.1) is 12.7 Å². The van der Waals surface area contributed by atoms with Crippen LogP contribution in [0.2, 0.25) is 0 Å². The number of piperidine rings is 1. The Hall–Kier alpha value is -1.17. The van der Waals surface area contributed by atoms with Crippen molar-refractivity contribution in [1.29, 1.82) is 0 Å². The quantitative estimate of drug-likeness (QED) is 0.912. The Kier molecular flexibility index (Phi) is 6.39. The number of hydrogen-bond donors (Lipinski definition) is 1. The molecule has 128 valence electrons. The van der Waals surface area contributed by atoms with E-state index in [9.17, 15) is 9.18 Å². The molecule has 1 N–H and O–H groups in total. The van der Waals surface area contributed by atoms with Crippen LogP contribution >= 0.6 is 12.4 Å². The van der Waals surface area contributed by atoms with Gasteiger partial charge in [-0.15, -0.1) is 12.4 Å². The molecule has 0 saturated carbocycles. The zero-order chi connectivity index (χ0) is 15.5. The summed E-state index contributed by atoms with van der Waals surface area (Å²) < 4.78 is 13.4. The third-order valence-corrected chi connectivity index (χ3v) is 4.75. The molecule has 0 bridgehead atoms. The summed E-state index contributed by atoms with van der Waals surface area (Å²) in [4.78, 5) is 16.4. The summed E-state index contributed by atoms with van der Waals surface area (Å²) in [5.74, 6) is 0.0338. The first-order valence-electron chi connectivity index (χ1n) is 8.11. The van der Waals surface area contributed by atoms with E-state index in [2.05, 4.69) is 10.2 Å². The van der Waals surface area contributed by atoms with Crippen molar-refractivity contribution in [1.82, 2.24) is 15.1 Å². The molecule has 0 aromatic heterocycles. The first-order valence-corrected chi connectivity index (χ1v) is 8.11. The van der Waals surface area contributed by atoms with Crippen LogP contribution in [0.15, 0.2) is 18.2 Å². The van der Waals surface area contributed by atoms with Crippen LogP contribution in [-0.2, 0) is 11.3 Å². The number of nitrogens with zero attached hydrogens (tertiary/aromatic N) is 2. The molecule has 23 heavy (non-hydrogen) atoms. The molecule has 6 heteroatoms. The molecule has 2 fully saturated rings. The predicted molar refractivity (Wildman–Crippen MR) is 91.3 cm³/mol. The van der Waals surface area contributed by atoms with E-state index in [1.54, 1.807) is 6.07 Å². The number of hydrogen-bond acceptors (Lipinski definition) is 3. The molecule has 0 radical (unpaired) electrons. The molecule has 3 rings (SSSR count). The zero-order valence-electron chi connectivity index (χ0n) is 13.6. The average Bonchev–Trinajstić information content (AvgIpc) is 2.52. The fourth-order valence-electron chi connectivity index (χ4n) is 3.49. The molecule has 1 aromatic carbocycles. The summed E-state index contributed by atoms with van der Waals surface area (Å²) >= 11 is 0. The number of aryl methyl sites for hydroxylation is 1. The molecule has 1 unspecified atom stereocenters. The van der Waals surface area contributed by atoms with Gasteiger partial charge in [-0.2, -0.15) is 0 Å². The maximum absolute atomic E-state index is 13.4. The summed E-state index contributed by atoms with van der Waals surface area (Å²) in [5.41, 5.74) is 2.18. The van der Waals surface area contributed by atoms with E-state index >= 15 is 0 Å². The lowest BCUT2D eigenvalue weighted by Crippen LogP contribution is -2.56. The number of carbonyl (C=O) groups is 1. The number of benzene rings is 1. The molecular formula is C17H25ClFN3O. The highest BCUT2D eigenvalue weighted by atomic mass is 35.5. The number of nitrogens with one attached hydrogen (secondary N) is 1. The number of halogens is 2. The van der Waals surface area contributed by atoms with Crippen molar-refractivity contribution in [2.24, 2.45) is 0 Å². The van der Waals surface area contributed by atoms with Gasteiger partial charge in [0.15, 0.2) is 0 Å². The van der Waals surface area contributed by atoms with Gasteiger partial charge in [-0.3, -0.25) is 9.69 Å². The van der Waals surface area contributed by atoms with Crippen molar-refractivity contribution < 1.29 is 9.18 Å². The number of rotatable bonds is 3. The van der Waals surface area contributed by atoms with Gasteiger partial charge in [-0.1, -0.05) is 6.07 Å². The third kappa shape index (κ3) is 4.43. The molecule has 2 saturated heterocycles. The van der Waals surface area contributed by atoms with Gasteiger partial charge in [-0.25, -0.2) is 4.39 Å². The van der Waals surface area contributed by atoms with Crippen LogP contribution in [0.5, 0.6) is 0 Å². The van der Waals surface area contributed by atoms with E-state index in [-0.39, 0.29) is 24.1 Å². The molecule has 0 aliphatic carbocycles. The van der Waals surface area contributed by atoms with E-state index in [0.29, 0.717) is 12.6 Å². The first-order chi connectivity index (χ1) is 10.6. The monoisotopic (exact) mass is 341 g/mol. The van der Waals surface area contributed by atoms with Crippen LogP contribution in [0.4, 0.5) is 4.39 Å². The molecular weight excluding hydrogens is 317 g/mol. The lowest BCUT2D eigenvalue weighted by atomic mass is 10.0. The van der Waals surface area contributed by atoms with Gasteiger partial charge >= 0.3 is 0 Å². The number of carbonyl (C=O) groups excluding carboxylic acids is 1. The molecule has 4 nitrogen and oxygen atoms in total. The van der Waals surface area contributed by atoms with Gasteiger partial charge in [0, 0.05) is 32.2 Å². The summed E-state index contributed by atoms with van der Waals surface area (Å²) in [6, 6.07) is 5.29. The Morgan fingerprint density at radius 3 is 2.96 bits per heavy atom. The second kappa shape index (κ2) is 8.08. The minimum absolute atomic E-state index is 0. The van der Waals surface area contributed by atoms with Crippen molar-refractivity contribution in [3.05, 3.63) is 35.1 Å². The Bertz CT molecular complexity index is 555. The Balaban J connectivity index is 0.00000192. The highest BCUT2D eigenvalue weighted by Gasteiger charge is 2.29. The third-order valence-electron chi connectivity index (χ3n) is 4.75. The predicted octanol–water partition coefficient (Wildman–Crippen LogP) is 1.95. The zero-order valence-corrected chi connectivity index (χ0v) is 14.4. The highest BCUT2D eigenvalue weighted by molar-refractivity contribution is 5.85. The van der Waals surface area contributed by atoms with E-state index in [1.165, 1.54) is 6.07 Å². The maximum atomic E-state index is 13.4. The number of likely N-dealkylation sites (tertiary alicyclic amines) is 1. The summed E-state index contributed by atoms with van der Waals surface area (Å²) in [6.07, 6.45) is 2.17. The SMILES string of the molecule is Cc1ccc(F)cc1CN1CCCC(N2CCNCC2=O)C1.Cl. The van der Waals surface area contributed by atoms with Crippen molar-refractivity contribution in [3.8, 4) is 0 Å². The van der Waals surface area contributed by atoms with Gasteiger partial charge in [0.2, 0.25) is 5.91 Å². The van der Waals surface area contributed by atoms with Crippen LogP contribution in [-0.4, -0.2) is 54.5 Å². The standard InChI is InChI=1S/C17H24FN3O.ClH/c1-13-4-5-15(18)9-14(13)11-20-7-2-3-16(12-20)21-8-6-19-10-17(21)22;/h4-5,9,16,19H,2-3,6-8,10-12H2,1H3;1H. The van der Waals surface area contributed by atoms with Crippen LogP contribution in [0.1, 0.15) is 24.0 Å². The highest BCUT2D eigenvalue weighted by Crippen LogP contribution is 2.20.